The van der Waals surface area contributed by atoms with Gasteiger partial charge in [0.1, 0.15) is 13.2 Å². The standard InChI is InChI=1S/C15H22N2O2S/c1-11-9-17(4-3-16-11)10-12-7-13-14(8-15(12)20-2)19-6-5-18-13/h7-8,11,16H,3-6,9-10H2,1-2H3. The van der Waals surface area contributed by atoms with E-state index < -0.39 is 0 Å². The second kappa shape index (κ2) is 6.24. The summed E-state index contributed by atoms with van der Waals surface area (Å²) in [4.78, 5) is 3.80. The Morgan fingerprint density at radius 3 is 2.75 bits per heavy atom. The highest BCUT2D eigenvalue weighted by Gasteiger charge is 2.20. The zero-order valence-corrected chi connectivity index (χ0v) is 13.0. The molecule has 1 fully saturated rings. The number of ether oxygens (including phenoxy) is 2. The predicted molar refractivity (Wildman–Crippen MR) is 82.0 cm³/mol. The van der Waals surface area contributed by atoms with Crippen LogP contribution >= 0.6 is 11.8 Å². The van der Waals surface area contributed by atoms with E-state index in [1.165, 1.54) is 10.5 Å². The predicted octanol–water partition coefficient (Wildman–Crippen LogP) is 1.97. The molecule has 1 N–H and O–H groups in total. The van der Waals surface area contributed by atoms with E-state index in [1.54, 1.807) is 11.8 Å². The van der Waals surface area contributed by atoms with Crippen molar-refractivity contribution in [3.8, 4) is 11.5 Å². The summed E-state index contributed by atoms with van der Waals surface area (Å²) >= 11 is 1.78. The number of benzene rings is 1. The van der Waals surface area contributed by atoms with Gasteiger partial charge >= 0.3 is 0 Å². The van der Waals surface area contributed by atoms with Crippen molar-refractivity contribution in [2.24, 2.45) is 0 Å². The van der Waals surface area contributed by atoms with Gasteiger partial charge in [0.05, 0.1) is 0 Å². The molecular formula is C15H22N2O2S. The first kappa shape index (κ1) is 14.0. The van der Waals surface area contributed by atoms with E-state index in [0.29, 0.717) is 19.3 Å². The number of nitrogens with one attached hydrogen (secondary N) is 1. The Labute approximate surface area is 124 Å². The molecule has 0 amide bonds. The Bertz CT molecular complexity index is 481. The van der Waals surface area contributed by atoms with Gasteiger partial charge in [-0.3, -0.25) is 4.90 Å². The lowest BCUT2D eigenvalue weighted by Crippen LogP contribution is -2.48. The second-order valence-electron chi connectivity index (χ2n) is 5.40. The number of hydrogen-bond donors (Lipinski definition) is 1. The van der Waals surface area contributed by atoms with Crippen molar-refractivity contribution in [1.29, 1.82) is 0 Å². The van der Waals surface area contributed by atoms with Crippen LogP contribution in [0.15, 0.2) is 17.0 Å². The van der Waals surface area contributed by atoms with E-state index >= 15 is 0 Å². The minimum absolute atomic E-state index is 0.568. The quantitative estimate of drug-likeness (QED) is 0.862. The van der Waals surface area contributed by atoms with Crippen LogP contribution in [0.5, 0.6) is 11.5 Å². The minimum atomic E-state index is 0.568. The lowest BCUT2D eigenvalue weighted by atomic mass is 10.1. The van der Waals surface area contributed by atoms with Crippen LogP contribution in [0.3, 0.4) is 0 Å². The summed E-state index contributed by atoms with van der Waals surface area (Å²) in [6.45, 7) is 7.80. The molecular weight excluding hydrogens is 272 g/mol. The van der Waals surface area contributed by atoms with Crippen LogP contribution in [-0.2, 0) is 6.54 Å². The van der Waals surface area contributed by atoms with Crippen molar-refractivity contribution in [3.63, 3.8) is 0 Å². The van der Waals surface area contributed by atoms with Gasteiger partial charge in [-0.2, -0.15) is 0 Å². The summed E-state index contributed by atoms with van der Waals surface area (Å²) in [7, 11) is 0. The Hall–Kier alpha value is -0.910. The first-order chi connectivity index (χ1) is 9.76. The smallest absolute Gasteiger partial charge is 0.162 e. The van der Waals surface area contributed by atoms with Gasteiger partial charge in [-0.1, -0.05) is 0 Å². The van der Waals surface area contributed by atoms with Crippen LogP contribution in [0, 0.1) is 0 Å². The fraction of sp³-hybridized carbons (Fsp3) is 0.600. The van der Waals surface area contributed by atoms with Gasteiger partial charge in [0.25, 0.3) is 0 Å². The number of rotatable bonds is 3. The Balaban J connectivity index is 1.80. The second-order valence-corrected chi connectivity index (χ2v) is 6.25. The van der Waals surface area contributed by atoms with Crippen molar-refractivity contribution in [2.75, 3.05) is 39.1 Å². The van der Waals surface area contributed by atoms with Crippen molar-refractivity contribution in [2.45, 2.75) is 24.4 Å². The maximum atomic E-state index is 5.71. The normalized spacial score (nSPS) is 22.8. The molecule has 2 aliphatic heterocycles. The number of nitrogens with zero attached hydrogens (tertiary/aromatic N) is 1. The van der Waals surface area contributed by atoms with Crippen molar-refractivity contribution in [3.05, 3.63) is 17.7 Å². The van der Waals surface area contributed by atoms with Gasteiger partial charge < -0.3 is 14.8 Å². The maximum Gasteiger partial charge on any atom is 0.162 e. The summed E-state index contributed by atoms with van der Waals surface area (Å²) in [5, 5.41) is 3.48. The third-order valence-corrected chi connectivity index (χ3v) is 4.61. The minimum Gasteiger partial charge on any atom is -0.486 e. The molecule has 0 spiro atoms. The zero-order chi connectivity index (χ0) is 13.9. The molecule has 1 saturated heterocycles. The van der Waals surface area contributed by atoms with Crippen LogP contribution in [0.2, 0.25) is 0 Å². The SMILES string of the molecule is CSc1cc2c(cc1CN1CCNC(C)C1)OCCO2. The first-order valence-corrected chi connectivity index (χ1v) is 8.41. The highest BCUT2D eigenvalue weighted by atomic mass is 32.2. The Morgan fingerprint density at radius 2 is 2.05 bits per heavy atom. The van der Waals surface area contributed by atoms with Gasteiger partial charge in [-0.15, -0.1) is 11.8 Å². The first-order valence-electron chi connectivity index (χ1n) is 7.18. The topological polar surface area (TPSA) is 33.7 Å². The van der Waals surface area contributed by atoms with Gasteiger partial charge in [0.15, 0.2) is 11.5 Å². The molecule has 4 nitrogen and oxygen atoms in total. The molecule has 0 bridgehead atoms. The summed E-state index contributed by atoms with van der Waals surface area (Å²) in [6, 6.07) is 4.85. The molecule has 2 heterocycles. The van der Waals surface area contributed by atoms with Crippen molar-refractivity contribution < 1.29 is 9.47 Å². The fourth-order valence-corrected chi connectivity index (χ4v) is 3.43. The molecule has 1 aromatic carbocycles. The molecule has 1 unspecified atom stereocenters. The Morgan fingerprint density at radius 1 is 1.30 bits per heavy atom. The average Bonchev–Trinajstić information content (AvgIpc) is 2.46. The lowest BCUT2D eigenvalue weighted by Gasteiger charge is -2.32. The summed E-state index contributed by atoms with van der Waals surface area (Å²) < 4.78 is 11.4. The maximum absolute atomic E-state index is 5.71. The van der Waals surface area contributed by atoms with E-state index in [9.17, 15) is 0 Å². The summed E-state index contributed by atoms with van der Waals surface area (Å²) in [5.41, 5.74) is 1.34. The molecule has 3 rings (SSSR count). The van der Waals surface area contributed by atoms with Crippen molar-refractivity contribution in [1.82, 2.24) is 10.2 Å². The number of hydrogen-bond acceptors (Lipinski definition) is 5. The van der Waals surface area contributed by atoms with Crippen molar-refractivity contribution >= 4 is 11.8 Å². The molecule has 0 aromatic heterocycles. The summed E-state index contributed by atoms with van der Waals surface area (Å²) in [5.74, 6) is 1.78. The fourth-order valence-electron chi connectivity index (χ4n) is 2.82. The van der Waals surface area contributed by atoms with E-state index in [0.717, 1.165) is 37.7 Å². The van der Waals surface area contributed by atoms with E-state index in [1.807, 2.05) is 0 Å². The lowest BCUT2D eigenvalue weighted by molar-refractivity contribution is 0.169. The van der Waals surface area contributed by atoms with Crippen LogP contribution in [0.25, 0.3) is 0 Å². The molecule has 1 aromatic rings. The molecule has 0 saturated carbocycles. The molecule has 2 aliphatic rings. The third kappa shape index (κ3) is 3.05. The molecule has 0 aliphatic carbocycles. The molecule has 1 atom stereocenters. The van der Waals surface area contributed by atoms with E-state index in [-0.39, 0.29) is 0 Å². The number of fused-ring (bicyclic) bond motifs is 1. The van der Waals surface area contributed by atoms with Crippen LogP contribution in [0.4, 0.5) is 0 Å². The number of piperazine rings is 1. The van der Waals surface area contributed by atoms with E-state index in [4.69, 9.17) is 9.47 Å². The highest BCUT2D eigenvalue weighted by molar-refractivity contribution is 7.98. The number of thioether (sulfide) groups is 1. The largest absolute Gasteiger partial charge is 0.486 e. The van der Waals surface area contributed by atoms with Gasteiger partial charge in [-0.25, -0.2) is 0 Å². The average molecular weight is 294 g/mol. The van der Waals surface area contributed by atoms with Crippen LogP contribution < -0.4 is 14.8 Å². The molecule has 5 heteroatoms. The molecule has 20 heavy (non-hydrogen) atoms. The van der Waals surface area contributed by atoms with Gasteiger partial charge in [0, 0.05) is 37.1 Å². The zero-order valence-electron chi connectivity index (χ0n) is 12.1. The van der Waals surface area contributed by atoms with Crippen LogP contribution in [-0.4, -0.2) is 50.0 Å². The van der Waals surface area contributed by atoms with Crippen LogP contribution in [0.1, 0.15) is 12.5 Å². The monoisotopic (exact) mass is 294 g/mol. The Kier molecular flexibility index (Phi) is 4.38. The highest BCUT2D eigenvalue weighted by Crippen LogP contribution is 2.37. The molecule has 0 radical (unpaired) electrons. The van der Waals surface area contributed by atoms with Gasteiger partial charge in [-0.05, 0) is 30.9 Å². The van der Waals surface area contributed by atoms with E-state index in [2.05, 4.69) is 35.5 Å². The molecule has 110 valence electrons. The van der Waals surface area contributed by atoms with Gasteiger partial charge in [0.2, 0.25) is 0 Å². The summed E-state index contributed by atoms with van der Waals surface area (Å²) in [6.07, 6.45) is 2.12. The third-order valence-electron chi connectivity index (χ3n) is 3.79.